The normalized spacial score (nSPS) is 20.6. The van der Waals surface area contributed by atoms with E-state index in [-0.39, 0.29) is 17.9 Å². The van der Waals surface area contributed by atoms with Crippen LogP contribution in [0.25, 0.3) is 0 Å². The van der Waals surface area contributed by atoms with Crippen molar-refractivity contribution >= 4 is 17.6 Å². The second-order valence-electron chi connectivity index (χ2n) is 7.86. The average molecular weight is 388 g/mol. The molecule has 3 rings (SSSR count). The van der Waals surface area contributed by atoms with Gasteiger partial charge in [-0.25, -0.2) is 4.79 Å². The lowest BCUT2D eigenvalue weighted by Gasteiger charge is -2.32. The molecule has 2 aliphatic rings. The van der Waals surface area contributed by atoms with E-state index in [0.717, 1.165) is 24.9 Å². The number of likely N-dealkylation sites (tertiary alicyclic amines) is 1. The molecule has 6 nitrogen and oxygen atoms in total. The molecule has 1 atom stereocenters. The molecule has 1 aliphatic carbocycles. The van der Waals surface area contributed by atoms with Gasteiger partial charge in [0.2, 0.25) is 5.91 Å². The Bertz CT molecular complexity index is 617. The molecule has 0 aromatic heterocycles. The van der Waals surface area contributed by atoms with Crippen molar-refractivity contribution in [3.63, 3.8) is 0 Å². The number of ether oxygens (including phenoxy) is 1. The van der Waals surface area contributed by atoms with Crippen LogP contribution in [0.3, 0.4) is 0 Å². The maximum absolute atomic E-state index is 12.5. The van der Waals surface area contributed by atoms with Gasteiger partial charge in [0.05, 0.1) is 12.0 Å². The highest BCUT2D eigenvalue weighted by Crippen LogP contribution is 2.20. The van der Waals surface area contributed by atoms with Gasteiger partial charge in [-0.2, -0.15) is 0 Å². The summed E-state index contributed by atoms with van der Waals surface area (Å²) in [5, 5.41) is 5.92. The minimum absolute atomic E-state index is 0.0508. The molecule has 0 radical (unpaired) electrons. The summed E-state index contributed by atoms with van der Waals surface area (Å²) < 4.78 is 5.90. The van der Waals surface area contributed by atoms with Gasteiger partial charge in [-0.1, -0.05) is 37.5 Å². The first kappa shape index (κ1) is 20.6. The van der Waals surface area contributed by atoms with Crippen LogP contribution in [-0.2, 0) is 9.53 Å². The molecule has 1 saturated heterocycles. The van der Waals surface area contributed by atoms with E-state index in [2.05, 4.69) is 10.6 Å². The zero-order valence-electron chi connectivity index (χ0n) is 16.7. The first-order valence-corrected chi connectivity index (χ1v) is 10.7. The van der Waals surface area contributed by atoms with E-state index >= 15 is 0 Å². The quantitative estimate of drug-likeness (QED) is 0.700. The van der Waals surface area contributed by atoms with Crippen molar-refractivity contribution in [2.24, 2.45) is 5.92 Å². The number of carbonyl (C=O) groups is 2. The Morgan fingerprint density at radius 2 is 1.82 bits per heavy atom. The molecule has 0 spiro atoms. The summed E-state index contributed by atoms with van der Waals surface area (Å²) >= 11 is 0. The number of para-hydroxylation sites is 1. The summed E-state index contributed by atoms with van der Waals surface area (Å²) in [4.78, 5) is 26.7. The lowest BCUT2D eigenvalue weighted by molar-refractivity contribution is -0.126. The van der Waals surface area contributed by atoms with Crippen molar-refractivity contribution in [2.45, 2.75) is 57.5 Å². The SMILES string of the molecule is O=C(NCCCOC1CCCCC1)[C@@H]1CCCN(C(=O)Nc2ccccc2)C1. The predicted molar refractivity (Wildman–Crippen MR) is 110 cm³/mol. The van der Waals surface area contributed by atoms with Crippen LogP contribution in [0.1, 0.15) is 51.4 Å². The third-order valence-corrected chi connectivity index (χ3v) is 5.63. The van der Waals surface area contributed by atoms with Crippen LogP contribution in [0.15, 0.2) is 30.3 Å². The Morgan fingerprint density at radius 1 is 1.04 bits per heavy atom. The van der Waals surface area contributed by atoms with Gasteiger partial charge in [-0.15, -0.1) is 0 Å². The van der Waals surface area contributed by atoms with Gasteiger partial charge in [0.1, 0.15) is 0 Å². The highest BCUT2D eigenvalue weighted by atomic mass is 16.5. The number of benzene rings is 1. The Hall–Kier alpha value is -2.08. The summed E-state index contributed by atoms with van der Waals surface area (Å²) in [5.41, 5.74) is 0.775. The first-order chi connectivity index (χ1) is 13.7. The lowest BCUT2D eigenvalue weighted by Crippen LogP contribution is -2.47. The van der Waals surface area contributed by atoms with Crippen molar-refractivity contribution in [2.75, 3.05) is 31.6 Å². The number of urea groups is 1. The summed E-state index contributed by atoms with van der Waals surface area (Å²) in [7, 11) is 0. The summed E-state index contributed by atoms with van der Waals surface area (Å²) in [6.07, 6.45) is 9.18. The fraction of sp³-hybridized carbons (Fsp3) is 0.636. The maximum Gasteiger partial charge on any atom is 0.321 e. The maximum atomic E-state index is 12.5. The Labute approximate surface area is 168 Å². The molecule has 154 valence electrons. The summed E-state index contributed by atoms with van der Waals surface area (Å²) in [5.74, 6) is -0.0792. The molecule has 1 heterocycles. The molecule has 3 amide bonds. The standard InChI is InChI=1S/C22H33N3O3/c26-21(23-14-8-16-28-20-12-5-2-6-13-20)18-9-7-15-25(17-18)22(27)24-19-10-3-1-4-11-19/h1,3-4,10-11,18,20H,2,5-9,12-17H2,(H,23,26)(H,24,27)/t18-/m1/s1. The minimum atomic E-state index is -0.135. The van der Waals surface area contributed by atoms with Gasteiger partial charge >= 0.3 is 6.03 Å². The molecule has 0 bridgehead atoms. The van der Waals surface area contributed by atoms with Gasteiger partial charge in [0, 0.05) is 31.9 Å². The number of anilines is 1. The van der Waals surface area contributed by atoms with E-state index in [4.69, 9.17) is 4.74 Å². The highest BCUT2D eigenvalue weighted by molar-refractivity contribution is 5.90. The number of nitrogens with one attached hydrogen (secondary N) is 2. The van der Waals surface area contributed by atoms with E-state index in [1.165, 1.54) is 32.1 Å². The van der Waals surface area contributed by atoms with E-state index in [1.807, 2.05) is 30.3 Å². The number of carbonyl (C=O) groups excluding carboxylic acids is 2. The third-order valence-electron chi connectivity index (χ3n) is 5.63. The minimum Gasteiger partial charge on any atom is -0.378 e. The van der Waals surface area contributed by atoms with E-state index < -0.39 is 0 Å². The molecule has 1 aromatic rings. The number of rotatable bonds is 7. The van der Waals surface area contributed by atoms with E-state index in [0.29, 0.717) is 32.3 Å². The van der Waals surface area contributed by atoms with Crippen LogP contribution >= 0.6 is 0 Å². The molecule has 1 aromatic carbocycles. The summed E-state index contributed by atoms with van der Waals surface area (Å²) in [6, 6.07) is 9.28. The molecular formula is C22H33N3O3. The molecule has 2 fully saturated rings. The van der Waals surface area contributed by atoms with Gasteiger partial charge in [-0.05, 0) is 44.2 Å². The van der Waals surface area contributed by atoms with Crippen LogP contribution in [0.4, 0.5) is 10.5 Å². The summed E-state index contributed by atoms with van der Waals surface area (Å²) in [6.45, 7) is 2.51. The largest absolute Gasteiger partial charge is 0.378 e. The number of piperidine rings is 1. The monoisotopic (exact) mass is 387 g/mol. The smallest absolute Gasteiger partial charge is 0.321 e. The van der Waals surface area contributed by atoms with Crippen molar-refractivity contribution in [3.8, 4) is 0 Å². The van der Waals surface area contributed by atoms with Crippen LogP contribution in [0, 0.1) is 5.92 Å². The number of amides is 3. The Balaban J connectivity index is 1.33. The van der Waals surface area contributed by atoms with Crippen LogP contribution in [0.5, 0.6) is 0 Å². The first-order valence-electron chi connectivity index (χ1n) is 10.7. The molecule has 1 aliphatic heterocycles. The second-order valence-corrected chi connectivity index (χ2v) is 7.86. The van der Waals surface area contributed by atoms with Crippen molar-refractivity contribution in [1.82, 2.24) is 10.2 Å². The fourth-order valence-electron chi connectivity index (χ4n) is 4.01. The molecule has 1 saturated carbocycles. The zero-order chi connectivity index (χ0) is 19.6. The number of hydrogen-bond donors (Lipinski definition) is 2. The Morgan fingerprint density at radius 3 is 2.61 bits per heavy atom. The molecule has 28 heavy (non-hydrogen) atoms. The van der Waals surface area contributed by atoms with Gasteiger partial charge in [0.15, 0.2) is 0 Å². The van der Waals surface area contributed by atoms with Crippen molar-refractivity contribution < 1.29 is 14.3 Å². The lowest BCUT2D eigenvalue weighted by atomic mass is 9.97. The van der Waals surface area contributed by atoms with Crippen molar-refractivity contribution in [1.29, 1.82) is 0 Å². The number of hydrogen-bond acceptors (Lipinski definition) is 3. The van der Waals surface area contributed by atoms with Gasteiger partial charge in [0.25, 0.3) is 0 Å². The highest BCUT2D eigenvalue weighted by Gasteiger charge is 2.28. The number of nitrogens with zero attached hydrogens (tertiary/aromatic N) is 1. The van der Waals surface area contributed by atoms with Crippen LogP contribution < -0.4 is 10.6 Å². The predicted octanol–water partition coefficient (Wildman–Crippen LogP) is 3.79. The second kappa shape index (κ2) is 11.1. The molecule has 0 unspecified atom stereocenters. The van der Waals surface area contributed by atoms with E-state index in [9.17, 15) is 9.59 Å². The average Bonchev–Trinajstić information content (AvgIpc) is 2.75. The molecule has 2 N–H and O–H groups in total. The van der Waals surface area contributed by atoms with E-state index in [1.54, 1.807) is 4.90 Å². The van der Waals surface area contributed by atoms with Gasteiger partial charge < -0.3 is 20.3 Å². The van der Waals surface area contributed by atoms with Crippen LogP contribution in [0.2, 0.25) is 0 Å². The topological polar surface area (TPSA) is 70.7 Å². The third kappa shape index (κ3) is 6.51. The Kier molecular flexibility index (Phi) is 8.15. The molecular weight excluding hydrogens is 354 g/mol. The zero-order valence-corrected chi connectivity index (χ0v) is 16.7. The van der Waals surface area contributed by atoms with Gasteiger partial charge in [-0.3, -0.25) is 4.79 Å². The molecule has 6 heteroatoms. The fourth-order valence-corrected chi connectivity index (χ4v) is 4.01. The van der Waals surface area contributed by atoms with Crippen molar-refractivity contribution in [3.05, 3.63) is 30.3 Å². The van der Waals surface area contributed by atoms with Crippen LogP contribution in [-0.4, -0.2) is 49.2 Å².